The topological polar surface area (TPSA) is 292 Å². The molecule has 9 heterocycles. The Bertz CT molecular complexity index is 5900. The zero-order chi connectivity index (χ0) is 72.1. The second-order valence-electron chi connectivity index (χ2n) is 24.9. The number of aromatic amines is 2. The molecule has 23 nitrogen and oxygen atoms in total. The zero-order valence-electron chi connectivity index (χ0n) is 56.6. The molecule has 23 heteroatoms. The van der Waals surface area contributed by atoms with Crippen LogP contribution >= 0.6 is 0 Å². The lowest BCUT2D eigenvalue weighted by Crippen LogP contribution is -2.22. The number of nitrogens with zero attached hydrogens (tertiary/aromatic N) is 10. The van der Waals surface area contributed by atoms with E-state index in [1.807, 2.05) is 187 Å². The number of rotatable bonds is 21. The standard InChI is InChI=1S/C82H64N16O7/c1-4-50-27-29-52(30-28-50)70-41-85-48-97(70)45-51-16-15-17-53(40-51)79(101)91-58-22-9-5-18-54(58)75-62-31-33-64(87-62)76(55-19-6-10-23-59(55)92-80(102)71-42-83-46-95(71)2)65-35-36-66(89-65)77(56-20-7-11-24-60(56)93-81(103)72-43-84-47-96(72)3)67-37-38-69(90-67)78(68-34-32-63(75)88-68)57-21-8-12-25-61(57)94-82(104)73-44-86-49-98(73)105-39-14-13-26-74(99)100/h1,5-12,15-25,27-38,40-44,46-49,88-89H,13-14,26,39,45H2,2-3H3,(H,91,101)(H,92,102)(H,93,103)(H,94,104)(H,99,100). The quantitative estimate of drug-likeness (QED) is 0.0260. The number of hydrogen-bond acceptors (Lipinski definition) is 12. The summed E-state index contributed by atoms with van der Waals surface area (Å²) in [6, 6.07) is 52.7. The summed E-state index contributed by atoms with van der Waals surface area (Å²) < 4.78 is 6.56. The largest absolute Gasteiger partial charge is 0.481 e. The Labute approximate surface area is 600 Å². The fourth-order valence-electron chi connectivity index (χ4n) is 13.0. The highest BCUT2D eigenvalue weighted by molar-refractivity contribution is 6.12. The molecule has 6 aromatic carbocycles. The van der Waals surface area contributed by atoms with Gasteiger partial charge in [0, 0.05) is 128 Å². The van der Waals surface area contributed by atoms with Crippen molar-refractivity contribution in [3.8, 4) is 68.1 Å². The molecule has 15 rings (SSSR count). The average Bonchev–Trinajstić information content (AvgIpc) is 1.62. The summed E-state index contributed by atoms with van der Waals surface area (Å²) in [5.41, 5.74) is 15.4. The van der Waals surface area contributed by atoms with Gasteiger partial charge in [0.2, 0.25) is 0 Å². The number of imidazole rings is 4. The summed E-state index contributed by atoms with van der Waals surface area (Å²) in [5, 5.41) is 22.0. The number of aryl methyl sites for hydroxylation is 2. The molecule has 0 unspecified atom stereocenters. The van der Waals surface area contributed by atoms with Crippen LogP contribution in [0.4, 0.5) is 22.7 Å². The van der Waals surface area contributed by atoms with Crippen LogP contribution in [0.25, 0.3) is 102 Å². The van der Waals surface area contributed by atoms with Crippen molar-refractivity contribution >= 4 is 98.7 Å². The van der Waals surface area contributed by atoms with Crippen LogP contribution in [-0.4, -0.2) is 99.6 Å². The molecule has 13 aromatic rings. The van der Waals surface area contributed by atoms with E-state index in [9.17, 15) is 29.1 Å². The number of carbonyl (C=O) groups is 5. The number of aromatic nitrogens is 12. The van der Waals surface area contributed by atoms with Crippen LogP contribution in [0, 0.1) is 12.3 Å². The second-order valence-corrected chi connectivity index (χ2v) is 24.9. The number of hydrogen-bond donors (Lipinski definition) is 7. The number of para-hydroxylation sites is 4. The van der Waals surface area contributed by atoms with E-state index < -0.39 is 23.7 Å². The van der Waals surface area contributed by atoms with E-state index in [0.717, 1.165) is 22.4 Å². The molecule has 0 atom stereocenters. The van der Waals surface area contributed by atoms with Gasteiger partial charge in [0.25, 0.3) is 23.6 Å². The third kappa shape index (κ3) is 13.7. The van der Waals surface area contributed by atoms with Crippen LogP contribution in [0.2, 0.25) is 0 Å². The van der Waals surface area contributed by atoms with Crippen molar-refractivity contribution in [1.29, 1.82) is 0 Å². The zero-order valence-corrected chi connectivity index (χ0v) is 56.6. The van der Waals surface area contributed by atoms with Crippen LogP contribution in [0.3, 0.4) is 0 Å². The first-order chi connectivity index (χ1) is 51.3. The molecular weight excluding hydrogens is 1320 g/mol. The van der Waals surface area contributed by atoms with Crippen molar-refractivity contribution in [2.24, 2.45) is 14.1 Å². The number of unbranched alkanes of at least 4 members (excludes halogenated alkanes) is 1. The number of H-pyrrole nitrogens is 2. The van der Waals surface area contributed by atoms with Gasteiger partial charge in [0.15, 0.2) is 5.69 Å². The highest BCUT2D eigenvalue weighted by Gasteiger charge is 2.26. The van der Waals surface area contributed by atoms with Crippen LogP contribution in [0.5, 0.6) is 0 Å². The van der Waals surface area contributed by atoms with E-state index >= 15 is 0 Å². The maximum Gasteiger partial charge on any atom is 0.303 e. The summed E-state index contributed by atoms with van der Waals surface area (Å²) >= 11 is 0. The van der Waals surface area contributed by atoms with E-state index in [1.54, 1.807) is 60.5 Å². The van der Waals surface area contributed by atoms with Crippen molar-refractivity contribution in [1.82, 2.24) is 58.3 Å². The smallest absolute Gasteiger partial charge is 0.303 e. The van der Waals surface area contributed by atoms with E-state index in [4.69, 9.17) is 21.2 Å². The summed E-state index contributed by atoms with van der Waals surface area (Å²) in [6.45, 7) is 0.553. The second kappa shape index (κ2) is 29.0. The lowest BCUT2D eigenvalue weighted by atomic mass is 10.0. The van der Waals surface area contributed by atoms with Gasteiger partial charge in [0.1, 0.15) is 24.3 Å². The number of carboxylic acids is 1. The molecule has 8 bridgehead atoms. The van der Waals surface area contributed by atoms with Gasteiger partial charge in [-0.15, -0.1) is 6.42 Å². The highest BCUT2D eigenvalue weighted by atomic mass is 16.7. The molecule has 2 aliphatic rings. The van der Waals surface area contributed by atoms with Gasteiger partial charge < -0.3 is 54.9 Å². The van der Waals surface area contributed by atoms with E-state index in [-0.39, 0.29) is 24.6 Å². The van der Waals surface area contributed by atoms with Crippen molar-refractivity contribution < 1.29 is 33.9 Å². The van der Waals surface area contributed by atoms with Crippen molar-refractivity contribution in [2.75, 3.05) is 27.9 Å². The minimum absolute atomic E-state index is 0.0237. The number of aliphatic carboxylic acids is 1. The van der Waals surface area contributed by atoms with E-state index in [0.29, 0.717) is 148 Å². The lowest BCUT2D eigenvalue weighted by molar-refractivity contribution is -0.137. The molecule has 7 N–H and O–H groups in total. The maximum absolute atomic E-state index is 15.0. The first-order valence-electron chi connectivity index (χ1n) is 33.6. The highest BCUT2D eigenvalue weighted by Crippen LogP contribution is 2.44. The van der Waals surface area contributed by atoms with Crippen molar-refractivity contribution in [2.45, 2.75) is 25.8 Å². The van der Waals surface area contributed by atoms with Gasteiger partial charge in [-0.3, -0.25) is 24.0 Å². The predicted octanol–water partition coefficient (Wildman–Crippen LogP) is 14.6. The first-order valence-corrected chi connectivity index (χ1v) is 33.6. The number of carbonyl (C=O) groups excluding carboxylic acids is 4. The minimum atomic E-state index is -0.913. The molecule has 4 amide bonds. The number of anilines is 4. The monoisotopic (exact) mass is 1380 g/mol. The fraction of sp³-hybridized carbons (Fsp3) is 0.0854. The molecule has 0 aliphatic carbocycles. The van der Waals surface area contributed by atoms with E-state index in [1.165, 1.54) is 29.6 Å². The number of terminal acetylenes is 1. The van der Waals surface area contributed by atoms with E-state index in [2.05, 4.69) is 57.1 Å². The first kappa shape index (κ1) is 66.4. The molecule has 0 radical (unpaired) electrons. The van der Waals surface area contributed by atoms with Crippen molar-refractivity contribution in [3.63, 3.8) is 0 Å². The number of amides is 4. The Hall–Kier alpha value is -14.5. The average molecular weight is 1390 g/mol. The molecule has 0 saturated heterocycles. The molecule has 2 aliphatic heterocycles. The van der Waals surface area contributed by atoms with Gasteiger partial charge >= 0.3 is 5.97 Å². The van der Waals surface area contributed by atoms with Crippen LogP contribution in [0.15, 0.2) is 220 Å². The molecule has 0 fully saturated rings. The lowest BCUT2D eigenvalue weighted by Gasteiger charge is -2.15. The molecule has 105 heavy (non-hydrogen) atoms. The fourth-order valence-corrected chi connectivity index (χ4v) is 13.0. The van der Waals surface area contributed by atoms with Gasteiger partial charge in [-0.2, -0.15) is 4.73 Å². The summed E-state index contributed by atoms with van der Waals surface area (Å²) in [6.07, 6.45) is 26.5. The normalized spacial score (nSPS) is 11.5. The Morgan fingerprint density at radius 1 is 0.476 bits per heavy atom. The summed E-state index contributed by atoms with van der Waals surface area (Å²) in [7, 11) is 3.49. The minimum Gasteiger partial charge on any atom is -0.481 e. The Kier molecular flexibility index (Phi) is 18.3. The van der Waals surface area contributed by atoms with Crippen LogP contribution in [-0.2, 0) is 25.4 Å². The number of fused-ring (bicyclic) bond motifs is 8. The maximum atomic E-state index is 15.0. The predicted molar refractivity (Wildman–Crippen MR) is 405 cm³/mol. The Morgan fingerprint density at radius 2 is 0.905 bits per heavy atom. The third-order valence-electron chi connectivity index (χ3n) is 18.1. The van der Waals surface area contributed by atoms with Gasteiger partial charge in [-0.1, -0.05) is 103 Å². The van der Waals surface area contributed by atoms with Crippen molar-refractivity contribution in [3.05, 3.63) is 277 Å². The van der Waals surface area contributed by atoms with Crippen LogP contribution in [0.1, 0.15) is 95.0 Å². The third-order valence-corrected chi connectivity index (χ3v) is 18.1. The summed E-state index contributed by atoms with van der Waals surface area (Å²) in [4.78, 5) is 111. The molecule has 514 valence electrons. The molecular formula is C82H64N16O7. The molecule has 7 aromatic heterocycles. The Balaban J connectivity index is 0.934. The van der Waals surface area contributed by atoms with Gasteiger partial charge in [-0.05, 0) is 121 Å². The van der Waals surface area contributed by atoms with Crippen LogP contribution < -0.4 is 26.1 Å². The molecule has 0 saturated carbocycles. The number of benzene rings is 6. The number of nitrogens with one attached hydrogen (secondary N) is 6. The number of carboxylic acid groups (broad SMARTS) is 1. The Morgan fingerprint density at radius 3 is 1.35 bits per heavy atom. The SMILES string of the molecule is C#Cc1ccc(-c2cncn2Cc2cccc(C(=O)Nc3ccccc3-c3c4nc(c(-c5ccccc5NC(=O)c5cncn5C)c5ccc([nH]5)c(-c5ccccc5NC(=O)c5cncn5C)c5nc(c(-c6ccccc6NC(=O)c6cncn6OCCCCC(=O)O)c6ccc3[nH]6)C=C5)C=C4)c2)cc1. The molecule has 0 spiro atoms. The summed E-state index contributed by atoms with van der Waals surface area (Å²) in [5.74, 6) is 0.0594. The van der Waals surface area contributed by atoms with Gasteiger partial charge in [0.05, 0.1) is 72.2 Å². The van der Waals surface area contributed by atoms with Gasteiger partial charge in [-0.25, -0.2) is 29.9 Å².